The minimum Gasteiger partial charge on any atom is -0.379 e. The van der Waals surface area contributed by atoms with E-state index in [2.05, 4.69) is 41.5 Å². The van der Waals surface area contributed by atoms with Gasteiger partial charge in [-0.15, -0.1) is 0 Å². The third-order valence-electron chi connectivity index (χ3n) is 9.86. The number of aromatic nitrogens is 3. The van der Waals surface area contributed by atoms with E-state index in [0.29, 0.717) is 18.5 Å². The predicted octanol–water partition coefficient (Wildman–Crippen LogP) is 0.181. The van der Waals surface area contributed by atoms with Crippen molar-refractivity contribution in [2.75, 3.05) is 91.3 Å². The smallest absolute Gasteiger partial charge is 0.379 e. The van der Waals surface area contributed by atoms with Crippen LogP contribution in [0.5, 0.6) is 0 Å². The van der Waals surface area contributed by atoms with Crippen LogP contribution in [-0.4, -0.2) is 152 Å². The van der Waals surface area contributed by atoms with Gasteiger partial charge in [-0.05, 0) is 36.2 Å². The number of amides is 6. The Hall–Kier alpha value is -6.00. The van der Waals surface area contributed by atoms with E-state index in [1.165, 1.54) is 17.3 Å². The molecule has 0 saturated carbocycles. The Labute approximate surface area is 348 Å². The van der Waals surface area contributed by atoms with Gasteiger partial charge in [0.1, 0.15) is 24.8 Å². The first kappa shape index (κ1) is 46.1. The minimum atomic E-state index is -4.55. The SMILES string of the molecule is CN1C(=O)C[C@H](C(=O)NCCOCCOCCC(=O)NCC(=O)NCCOCC(=O)NCCN2CC[C@H](Nc3ncnc4ccc(C(F)(F)F)cc34)C2=O)[C@H]1c1cccnc1. The molecule has 2 aromatic heterocycles. The van der Waals surface area contributed by atoms with E-state index in [-0.39, 0.29) is 120 Å². The fourth-order valence-corrected chi connectivity index (χ4v) is 6.72. The fraction of sp³-hybridized carbons (Fsp3) is 0.513. The van der Waals surface area contributed by atoms with Crippen LogP contribution in [-0.2, 0) is 49.2 Å². The molecule has 0 unspecified atom stereocenters. The average molecular weight is 859 g/mol. The van der Waals surface area contributed by atoms with Gasteiger partial charge in [-0.2, -0.15) is 13.2 Å². The molecule has 19 nitrogen and oxygen atoms in total. The summed E-state index contributed by atoms with van der Waals surface area (Å²) < 4.78 is 55.9. The molecular formula is C39H49F3N10O9. The Morgan fingerprint density at radius 1 is 0.869 bits per heavy atom. The maximum absolute atomic E-state index is 13.3. The van der Waals surface area contributed by atoms with Crippen LogP contribution in [0.3, 0.4) is 0 Å². The molecule has 4 heterocycles. The predicted molar refractivity (Wildman–Crippen MR) is 210 cm³/mol. The molecule has 6 amide bonds. The van der Waals surface area contributed by atoms with Crippen LogP contribution >= 0.6 is 0 Å². The summed E-state index contributed by atoms with van der Waals surface area (Å²) in [7, 11) is 1.67. The number of carbonyl (C=O) groups is 6. The number of hydrogen-bond donors (Lipinski definition) is 5. The molecule has 0 radical (unpaired) electrons. The summed E-state index contributed by atoms with van der Waals surface area (Å²) in [5.74, 6) is -2.34. The van der Waals surface area contributed by atoms with Crippen molar-refractivity contribution < 1.29 is 56.1 Å². The van der Waals surface area contributed by atoms with Gasteiger partial charge in [0.05, 0.1) is 62.6 Å². The highest BCUT2D eigenvalue weighted by Gasteiger charge is 2.42. The van der Waals surface area contributed by atoms with E-state index in [0.717, 1.165) is 17.7 Å². The molecular weight excluding hydrogens is 809 g/mol. The molecule has 330 valence electrons. The lowest BCUT2D eigenvalue weighted by atomic mass is 9.94. The summed E-state index contributed by atoms with van der Waals surface area (Å²) in [6.45, 7) is 1.32. The molecule has 5 rings (SSSR count). The lowest BCUT2D eigenvalue weighted by Crippen LogP contribution is -2.40. The fourth-order valence-electron chi connectivity index (χ4n) is 6.72. The highest BCUT2D eigenvalue weighted by atomic mass is 19.4. The van der Waals surface area contributed by atoms with Crippen LogP contribution in [0.15, 0.2) is 49.1 Å². The third kappa shape index (κ3) is 13.8. The topological polar surface area (TPSA) is 235 Å². The first-order chi connectivity index (χ1) is 29.3. The van der Waals surface area contributed by atoms with Gasteiger partial charge < -0.3 is 50.6 Å². The van der Waals surface area contributed by atoms with Crippen molar-refractivity contribution in [2.24, 2.45) is 5.92 Å². The molecule has 2 fully saturated rings. The van der Waals surface area contributed by atoms with Crippen molar-refractivity contribution in [3.05, 3.63) is 60.2 Å². The molecule has 1 aromatic carbocycles. The molecule has 2 saturated heterocycles. The van der Waals surface area contributed by atoms with Crippen molar-refractivity contribution in [1.82, 2.24) is 46.0 Å². The van der Waals surface area contributed by atoms with Crippen LogP contribution in [0.2, 0.25) is 0 Å². The molecule has 2 aliphatic rings. The summed E-state index contributed by atoms with van der Waals surface area (Å²) in [5.41, 5.74) is 0.236. The van der Waals surface area contributed by atoms with E-state index < -0.39 is 41.4 Å². The quantitative estimate of drug-likeness (QED) is 0.0802. The number of carbonyl (C=O) groups excluding carboxylic acids is 6. The summed E-state index contributed by atoms with van der Waals surface area (Å²) in [6.07, 6.45) is 0.456. The average Bonchev–Trinajstić information content (AvgIpc) is 3.74. The Morgan fingerprint density at radius 2 is 1.62 bits per heavy atom. The van der Waals surface area contributed by atoms with E-state index in [4.69, 9.17) is 14.2 Å². The lowest BCUT2D eigenvalue weighted by Gasteiger charge is -2.24. The monoisotopic (exact) mass is 858 g/mol. The second-order valence-electron chi connectivity index (χ2n) is 14.1. The number of ether oxygens (including phenoxy) is 3. The van der Waals surface area contributed by atoms with E-state index in [1.807, 2.05) is 6.07 Å². The first-order valence-electron chi connectivity index (χ1n) is 19.7. The zero-order chi connectivity index (χ0) is 43.8. The third-order valence-corrected chi connectivity index (χ3v) is 9.86. The van der Waals surface area contributed by atoms with Gasteiger partial charge in [-0.25, -0.2) is 9.97 Å². The van der Waals surface area contributed by atoms with E-state index in [9.17, 15) is 41.9 Å². The number of alkyl halides is 3. The van der Waals surface area contributed by atoms with Crippen molar-refractivity contribution in [3.8, 4) is 0 Å². The standard InChI is InChI=1S/C39H49F3N10O9/c1-51-34(56)20-28(35(51)25-3-2-8-43-21-25)37(57)46-11-15-60-18-17-59-14-7-31(53)47-22-32(54)45-10-16-61-23-33(55)44-9-13-52-12-6-30(38(52)58)50-36-27-19-26(39(40,41)42)4-5-29(27)48-24-49-36/h2-5,8,19,21,24,28,30,35H,6-7,9-18,20,22-23H2,1H3,(H,44,55)(H,45,54)(H,46,57)(H,47,53)(H,48,49,50)/t28-,30-,35+/m0/s1. The molecule has 22 heteroatoms. The van der Waals surface area contributed by atoms with Gasteiger partial charge in [0, 0.05) is 70.4 Å². The zero-order valence-corrected chi connectivity index (χ0v) is 33.5. The zero-order valence-electron chi connectivity index (χ0n) is 33.5. The van der Waals surface area contributed by atoms with Crippen molar-refractivity contribution in [3.63, 3.8) is 0 Å². The van der Waals surface area contributed by atoms with Gasteiger partial charge in [-0.1, -0.05) is 6.07 Å². The van der Waals surface area contributed by atoms with Crippen LogP contribution in [0, 0.1) is 5.92 Å². The van der Waals surface area contributed by atoms with Gasteiger partial charge >= 0.3 is 6.18 Å². The minimum absolute atomic E-state index is 0.0210. The maximum atomic E-state index is 13.3. The van der Waals surface area contributed by atoms with E-state index >= 15 is 0 Å². The van der Waals surface area contributed by atoms with Crippen molar-refractivity contribution in [2.45, 2.75) is 37.5 Å². The summed E-state index contributed by atoms with van der Waals surface area (Å²) in [4.78, 5) is 89.6. The number of nitrogens with zero attached hydrogens (tertiary/aromatic N) is 5. The summed E-state index contributed by atoms with van der Waals surface area (Å²) >= 11 is 0. The largest absolute Gasteiger partial charge is 0.416 e. The molecule has 3 aromatic rings. The highest BCUT2D eigenvalue weighted by Crippen LogP contribution is 2.37. The molecule has 0 bridgehead atoms. The Balaban J connectivity index is 0.828. The van der Waals surface area contributed by atoms with Crippen molar-refractivity contribution >= 4 is 52.2 Å². The number of hydrogen-bond acceptors (Lipinski definition) is 13. The Morgan fingerprint density at radius 3 is 2.39 bits per heavy atom. The number of halogens is 3. The summed E-state index contributed by atoms with van der Waals surface area (Å²) in [6, 6.07) is 5.63. The normalized spacial score (nSPS) is 17.7. The number of pyridine rings is 1. The molecule has 2 aliphatic heterocycles. The van der Waals surface area contributed by atoms with Gasteiger partial charge in [-0.3, -0.25) is 33.8 Å². The van der Waals surface area contributed by atoms with E-state index in [1.54, 1.807) is 30.4 Å². The number of benzene rings is 1. The second-order valence-corrected chi connectivity index (χ2v) is 14.1. The number of likely N-dealkylation sites (tertiary alicyclic amines) is 2. The van der Waals surface area contributed by atoms with Crippen LogP contribution in [0.4, 0.5) is 19.0 Å². The number of rotatable bonds is 23. The van der Waals surface area contributed by atoms with Gasteiger partial charge in [0.2, 0.25) is 35.4 Å². The number of fused-ring (bicyclic) bond motifs is 1. The molecule has 61 heavy (non-hydrogen) atoms. The highest BCUT2D eigenvalue weighted by molar-refractivity contribution is 5.93. The first-order valence-corrected chi connectivity index (χ1v) is 19.7. The molecule has 0 spiro atoms. The lowest BCUT2D eigenvalue weighted by molar-refractivity contribution is -0.137. The molecule has 3 atom stereocenters. The van der Waals surface area contributed by atoms with Crippen molar-refractivity contribution in [1.29, 1.82) is 0 Å². The summed E-state index contributed by atoms with van der Waals surface area (Å²) in [5, 5.41) is 13.6. The second kappa shape index (κ2) is 22.6. The van der Waals surface area contributed by atoms with Gasteiger partial charge in [0.25, 0.3) is 0 Å². The van der Waals surface area contributed by atoms with Crippen LogP contribution < -0.4 is 26.6 Å². The van der Waals surface area contributed by atoms with Crippen LogP contribution in [0.1, 0.15) is 36.4 Å². The van der Waals surface area contributed by atoms with Gasteiger partial charge in [0.15, 0.2) is 0 Å². The number of anilines is 1. The maximum Gasteiger partial charge on any atom is 0.416 e. The Bertz CT molecular complexity index is 2000. The Kier molecular flexibility index (Phi) is 17.0. The molecule has 5 N–H and O–H groups in total. The van der Waals surface area contributed by atoms with Crippen LogP contribution in [0.25, 0.3) is 10.9 Å². The molecule has 0 aliphatic carbocycles. The number of nitrogens with one attached hydrogen (secondary N) is 5.